The number of likely N-dealkylation sites (tertiary alicyclic amines) is 1. The number of rotatable bonds is 7. The molecule has 1 fully saturated rings. The van der Waals surface area contributed by atoms with Gasteiger partial charge in [-0.25, -0.2) is 17.1 Å². The highest BCUT2D eigenvalue weighted by Gasteiger charge is 2.36. The van der Waals surface area contributed by atoms with Crippen molar-refractivity contribution in [2.45, 2.75) is 29.8 Å². The number of hydrogen-bond acceptors (Lipinski definition) is 5. The van der Waals surface area contributed by atoms with Crippen molar-refractivity contribution < 1.29 is 27.5 Å². The first kappa shape index (κ1) is 25.1. The highest BCUT2D eigenvalue weighted by Crippen LogP contribution is 2.25. The number of benzene rings is 2. The first-order valence-electron chi connectivity index (χ1n) is 10.3. The van der Waals surface area contributed by atoms with Crippen molar-refractivity contribution in [2.24, 2.45) is 0 Å². The lowest BCUT2D eigenvalue weighted by Crippen LogP contribution is -2.47. The Labute approximate surface area is 197 Å². The molecule has 0 saturated carbocycles. The molecule has 3 rings (SSSR count). The number of aliphatic hydroxyl groups is 1. The topological polar surface area (TPSA) is 107 Å². The Morgan fingerprint density at radius 3 is 2.64 bits per heavy atom. The molecule has 2 N–H and O–H groups in total. The lowest BCUT2D eigenvalue weighted by atomic mass is 10.1. The van der Waals surface area contributed by atoms with Gasteiger partial charge in [0.1, 0.15) is 11.9 Å². The van der Waals surface area contributed by atoms with Crippen molar-refractivity contribution in [3.05, 3.63) is 64.4 Å². The third-order valence-electron chi connectivity index (χ3n) is 5.52. The minimum Gasteiger partial charge on any atom is -0.394 e. The van der Waals surface area contributed by atoms with Crippen LogP contribution >= 0.6 is 11.6 Å². The van der Waals surface area contributed by atoms with Crippen LogP contribution in [0.15, 0.2) is 47.4 Å². The molecular weight excluding hydrogens is 473 g/mol. The van der Waals surface area contributed by atoms with Crippen molar-refractivity contribution >= 4 is 33.4 Å². The van der Waals surface area contributed by atoms with Crippen LogP contribution in [-0.2, 0) is 14.8 Å². The highest BCUT2D eigenvalue weighted by molar-refractivity contribution is 7.89. The molecule has 0 radical (unpaired) electrons. The van der Waals surface area contributed by atoms with E-state index in [1.807, 2.05) is 0 Å². The van der Waals surface area contributed by atoms with Crippen LogP contribution in [0, 0.1) is 5.82 Å². The van der Waals surface area contributed by atoms with E-state index < -0.39 is 46.3 Å². The van der Waals surface area contributed by atoms with E-state index in [2.05, 4.69) is 5.32 Å². The van der Waals surface area contributed by atoms with Crippen LogP contribution in [0.1, 0.15) is 34.8 Å². The quantitative estimate of drug-likeness (QED) is 0.609. The van der Waals surface area contributed by atoms with E-state index in [1.165, 1.54) is 55.4 Å². The van der Waals surface area contributed by atoms with Crippen LogP contribution in [0.2, 0.25) is 5.02 Å². The summed E-state index contributed by atoms with van der Waals surface area (Å²) in [6.45, 7) is -0.154. The predicted molar refractivity (Wildman–Crippen MR) is 121 cm³/mol. The zero-order valence-electron chi connectivity index (χ0n) is 18.2. The van der Waals surface area contributed by atoms with Gasteiger partial charge in [-0.05, 0) is 48.7 Å². The van der Waals surface area contributed by atoms with E-state index in [1.54, 1.807) is 0 Å². The van der Waals surface area contributed by atoms with Gasteiger partial charge < -0.3 is 15.3 Å². The molecule has 0 aliphatic carbocycles. The Kier molecular flexibility index (Phi) is 7.73. The van der Waals surface area contributed by atoms with Gasteiger partial charge in [0.05, 0.1) is 22.6 Å². The second-order valence-electron chi connectivity index (χ2n) is 7.89. The number of sulfonamides is 1. The Morgan fingerprint density at radius 2 is 2.00 bits per heavy atom. The summed E-state index contributed by atoms with van der Waals surface area (Å²) in [5.41, 5.74) is 0.487. The standard InChI is InChI=1S/C22H25ClFN3O5S/c1-26(2)33(31,32)16-6-3-5-15(11-16)22(30)27-10-4-7-20(27)21(29)25-19(13-28)14-8-9-17(23)18(24)12-14/h3,5-6,8-9,11-12,19-20,28H,4,7,10,13H2,1-2H3,(H,25,29)/t19?,20-/m1/s1. The van der Waals surface area contributed by atoms with E-state index in [9.17, 15) is 27.5 Å². The Morgan fingerprint density at radius 1 is 1.27 bits per heavy atom. The van der Waals surface area contributed by atoms with Crippen LogP contribution in [-0.4, -0.2) is 67.8 Å². The second kappa shape index (κ2) is 10.2. The molecule has 1 saturated heterocycles. The summed E-state index contributed by atoms with van der Waals surface area (Å²) < 4.78 is 39.7. The van der Waals surface area contributed by atoms with Gasteiger partial charge in [0.2, 0.25) is 15.9 Å². The maximum absolute atomic E-state index is 13.8. The summed E-state index contributed by atoms with van der Waals surface area (Å²) in [6, 6.07) is 7.95. The largest absolute Gasteiger partial charge is 0.394 e. The highest BCUT2D eigenvalue weighted by atomic mass is 35.5. The summed E-state index contributed by atoms with van der Waals surface area (Å²) in [5.74, 6) is -1.64. The first-order valence-corrected chi connectivity index (χ1v) is 12.1. The van der Waals surface area contributed by atoms with Crippen LogP contribution in [0.3, 0.4) is 0 Å². The van der Waals surface area contributed by atoms with Gasteiger partial charge in [0.25, 0.3) is 5.91 Å². The smallest absolute Gasteiger partial charge is 0.254 e. The SMILES string of the molecule is CN(C)S(=O)(=O)c1cccc(C(=O)N2CCC[C@@H]2C(=O)NC(CO)c2ccc(Cl)c(F)c2)c1. The van der Waals surface area contributed by atoms with E-state index in [0.29, 0.717) is 24.9 Å². The van der Waals surface area contributed by atoms with Crippen molar-refractivity contribution in [1.29, 1.82) is 0 Å². The molecule has 1 heterocycles. The summed E-state index contributed by atoms with van der Waals surface area (Å²) in [4.78, 5) is 27.5. The Bertz CT molecular complexity index is 1160. The third-order valence-corrected chi connectivity index (χ3v) is 7.64. The van der Waals surface area contributed by atoms with Crippen LogP contribution < -0.4 is 5.32 Å². The van der Waals surface area contributed by atoms with Crippen LogP contribution in [0.5, 0.6) is 0 Å². The minimum absolute atomic E-state index is 0.0244. The minimum atomic E-state index is -3.73. The average molecular weight is 498 g/mol. The molecule has 1 aliphatic heterocycles. The van der Waals surface area contributed by atoms with E-state index in [-0.39, 0.29) is 15.5 Å². The molecule has 178 valence electrons. The van der Waals surface area contributed by atoms with Gasteiger partial charge in [-0.3, -0.25) is 9.59 Å². The molecular formula is C22H25ClFN3O5S. The van der Waals surface area contributed by atoms with Gasteiger partial charge in [0.15, 0.2) is 0 Å². The van der Waals surface area contributed by atoms with Crippen molar-refractivity contribution in [2.75, 3.05) is 27.2 Å². The lowest BCUT2D eigenvalue weighted by Gasteiger charge is -2.26. The molecule has 2 aromatic carbocycles. The number of halogens is 2. The summed E-state index contributed by atoms with van der Waals surface area (Å²) >= 11 is 5.70. The zero-order chi connectivity index (χ0) is 24.3. The number of hydrogen-bond donors (Lipinski definition) is 2. The number of aliphatic hydroxyl groups excluding tert-OH is 1. The lowest BCUT2D eigenvalue weighted by molar-refractivity contribution is -0.125. The number of nitrogens with zero attached hydrogens (tertiary/aromatic N) is 2. The molecule has 0 aromatic heterocycles. The number of carbonyl (C=O) groups excluding carboxylic acids is 2. The predicted octanol–water partition coefficient (Wildman–Crippen LogP) is 2.18. The molecule has 8 nitrogen and oxygen atoms in total. The Balaban J connectivity index is 1.79. The molecule has 2 atom stereocenters. The van der Waals surface area contributed by atoms with Gasteiger partial charge in [-0.1, -0.05) is 23.7 Å². The number of carbonyl (C=O) groups is 2. The fraction of sp³-hybridized carbons (Fsp3) is 0.364. The van der Waals surface area contributed by atoms with E-state index >= 15 is 0 Å². The third kappa shape index (κ3) is 5.35. The van der Waals surface area contributed by atoms with Crippen molar-refractivity contribution in [3.63, 3.8) is 0 Å². The summed E-state index contributed by atoms with van der Waals surface area (Å²) in [7, 11) is -0.932. The molecule has 0 spiro atoms. The molecule has 11 heteroatoms. The molecule has 1 unspecified atom stereocenters. The molecule has 2 amide bonds. The summed E-state index contributed by atoms with van der Waals surface area (Å²) in [5, 5.41) is 12.3. The molecule has 0 bridgehead atoms. The summed E-state index contributed by atoms with van der Waals surface area (Å²) in [6.07, 6.45) is 0.985. The maximum atomic E-state index is 13.8. The van der Waals surface area contributed by atoms with Gasteiger partial charge in [-0.15, -0.1) is 0 Å². The van der Waals surface area contributed by atoms with Crippen LogP contribution in [0.4, 0.5) is 4.39 Å². The van der Waals surface area contributed by atoms with Crippen molar-refractivity contribution in [3.8, 4) is 0 Å². The van der Waals surface area contributed by atoms with E-state index in [0.717, 1.165) is 10.4 Å². The molecule has 2 aromatic rings. The zero-order valence-corrected chi connectivity index (χ0v) is 19.7. The normalized spacial score (nSPS) is 17.3. The average Bonchev–Trinajstić information content (AvgIpc) is 3.28. The number of nitrogens with one attached hydrogen (secondary N) is 1. The number of amides is 2. The molecule has 1 aliphatic rings. The Hall–Kier alpha value is -2.53. The molecule has 33 heavy (non-hydrogen) atoms. The van der Waals surface area contributed by atoms with Crippen LogP contribution in [0.25, 0.3) is 0 Å². The fourth-order valence-corrected chi connectivity index (χ4v) is 4.75. The van der Waals surface area contributed by atoms with Gasteiger partial charge in [-0.2, -0.15) is 0 Å². The van der Waals surface area contributed by atoms with Crippen molar-refractivity contribution in [1.82, 2.24) is 14.5 Å². The monoisotopic (exact) mass is 497 g/mol. The first-order chi connectivity index (χ1) is 15.6. The maximum Gasteiger partial charge on any atom is 0.254 e. The fourth-order valence-electron chi connectivity index (χ4n) is 3.68. The van der Waals surface area contributed by atoms with E-state index in [4.69, 9.17) is 11.6 Å². The van der Waals surface area contributed by atoms with Gasteiger partial charge >= 0.3 is 0 Å². The van der Waals surface area contributed by atoms with Gasteiger partial charge in [0, 0.05) is 26.2 Å². The second-order valence-corrected chi connectivity index (χ2v) is 10.4.